The van der Waals surface area contributed by atoms with Gasteiger partial charge in [-0.3, -0.25) is 9.52 Å². The van der Waals surface area contributed by atoms with E-state index in [-0.39, 0.29) is 17.9 Å². The van der Waals surface area contributed by atoms with Crippen LogP contribution in [-0.4, -0.2) is 37.3 Å². The molecular weight excluding hydrogens is 454 g/mol. The fraction of sp³-hybridized carbons (Fsp3) is 0.192. The number of rotatable bonds is 12. The average molecular weight is 482 g/mol. The van der Waals surface area contributed by atoms with E-state index >= 15 is 0 Å². The van der Waals surface area contributed by atoms with Crippen LogP contribution in [0.15, 0.2) is 89.8 Å². The van der Waals surface area contributed by atoms with Crippen molar-refractivity contribution in [2.24, 2.45) is 0 Å². The zero-order valence-corrected chi connectivity index (χ0v) is 19.3. The van der Waals surface area contributed by atoms with Gasteiger partial charge in [0.15, 0.2) is 0 Å². The lowest BCUT2D eigenvalue weighted by molar-refractivity contribution is -0.136. The summed E-state index contributed by atoms with van der Waals surface area (Å²) in [6, 6.07) is 22.2. The van der Waals surface area contributed by atoms with Crippen molar-refractivity contribution < 1.29 is 28.2 Å². The van der Waals surface area contributed by atoms with Crippen LogP contribution in [0, 0.1) is 0 Å². The summed E-state index contributed by atoms with van der Waals surface area (Å²) in [7, 11) is -3.68. The molecular formula is C26H27NO6S. The number of carbonyl (C=O) groups is 1. The minimum Gasteiger partial charge on any atom is -0.493 e. The zero-order chi connectivity index (χ0) is 24.4. The first-order valence-corrected chi connectivity index (χ1v) is 12.3. The summed E-state index contributed by atoms with van der Waals surface area (Å²) < 4.78 is 33.3. The number of sulfonamides is 1. The van der Waals surface area contributed by atoms with Crippen molar-refractivity contribution in [2.45, 2.75) is 30.3 Å². The van der Waals surface area contributed by atoms with Crippen LogP contribution in [0.4, 0.5) is 5.69 Å². The molecule has 3 aromatic rings. The van der Waals surface area contributed by atoms with Gasteiger partial charge < -0.3 is 14.9 Å². The second-order valence-corrected chi connectivity index (χ2v) is 9.29. The number of carboxylic acids is 1. The number of ether oxygens (including phenoxy) is 1. The van der Waals surface area contributed by atoms with Crippen LogP contribution in [0.5, 0.6) is 5.75 Å². The first-order chi connectivity index (χ1) is 16.3. The molecule has 7 nitrogen and oxygen atoms in total. The summed E-state index contributed by atoms with van der Waals surface area (Å²) in [5.74, 6) is -0.259. The number of hydrogen-bond donors (Lipinski definition) is 3. The smallest absolute Gasteiger partial charge is 0.303 e. The molecule has 34 heavy (non-hydrogen) atoms. The van der Waals surface area contributed by atoms with E-state index in [1.807, 2.05) is 18.2 Å². The Hall–Kier alpha value is -3.62. The maximum absolute atomic E-state index is 12.5. The molecule has 0 bridgehead atoms. The first kappa shape index (κ1) is 25.0. The molecule has 0 aliphatic heterocycles. The summed E-state index contributed by atoms with van der Waals surface area (Å²) in [6.45, 7) is 0.256. The lowest BCUT2D eigenvalue weighted by Gasteiger charge is -2.12. The van der Waals surface area contributed by atoms with Gasteiger partial charge in [-0.2, -0.15) is 0 Å². The molecule has 1 atom stereocenters. The van der Waals surface area contributed by atoms with Crippen molar-refractivity contribution in [3.8, 4) is 5.75 Å². The number of aliphatic hydroxyl groups is 1. The number of aliphatic hydroxyl groups excluding tert-OH is 1. The van der Waals surface area contributed by atoms with Crippen LogP contribution in [-0.2, 0) is 21.2 Å². The van der Waals surface area contributed by atoms with Gasteiger partial charge in [0.1, 0.15) is 5.75 Å². The van der Waals surface area contributed by atoms with Gasteiger partial charge in [-0.15, -0.1) is 0 Å². The lowest BCUT2D eigenvalue weighted by Crippen LogP contribution is -2.12. The maximum Gasteiger partial charge on any atom is 0.303 e. The summed E-state index contributed by atoms with van der Waals surface area (Å²) in [5, 5.41) is 19.2. The van der Waals surface area contributed by atoms with Gasteiger partial charge in [0.2, 0.25) is 0 Å². The van der Waals surface area contributed by atoms with E-state index < -0.39 is 22.1 Å². The zero-order valence-electron chi connectivity index (χ0n) is 18.5. The molecule has 3 rings (SSSR count). The van der Waals surface area contributed by atoms with E-state index in [1.54, 1.807) is 60.7 Å². The van der Waals surface area contributed by atoms with Crippen LogP contribution >= 0.6 is 0 Å². The number of aliphatic carboxylic acids is 1. The summed E-state index contributed by atoms with van der Waals surface area (Å²) in [6.07, 6.45) is 3.29. The number of para-hydroxylation sites is 1. The molecule has 8 heteroatoms. The van der Waals surface area contributed by atoms with Crippen molar-refractivity contribution in [1.29, 1.82) is 0 Å². The van der Waals surface area contributed by atoms with Crippen LogP contribution in [0.2, 0.25) is 0 Å². The molecule has 0 spiro atoms. The third-order valence-corrected chi connectivity index (χ3v) is 6.35. The van der Waals surface area contributed by atoms with Gasteiger partial charge in [-0.25, -0.2) is 8.42 Å². The molecule has 0 amide bonds. The summed E-state index contributed by atoms with van der Waals surface area (Å²) >= 11 is 0. The monoisotopic (exact) mass is 481 g/mol. The van der Waals surface area contributed by atoms with E-state index in [4.69, 9.17) is 9.84 Å². The first-order valence-electron chi connectivity index (χ1n) is 10.8. The third kappa shape index (κ3) is 7.75. The Labute approximate surface area is 199 Å². The summed E-state index contributed by atoms with van der Waals surface area (Å²) in [5.41, 5.74) is 1.96. The van der Waals surface area contributed by atoms with Gasteiger partial charge in [0.05, 0.1) is 17.6 Å². The van der Waals surface area contributed by atoms with Crippen molar-refractivity contribution in [1.82, 2.24) is 0 Å². The second-order valence-electron chi connectivity index (χ2n) is 7.61. The molecule has 0 aliphatic rings. The highest BCUT2D eigenvalue weighted by Gasteiger charge is 2.13. The van der Waals surface area contributed by atoms with E-state index in [0.717, 1.165) is 11.1 Å². The number of anilines is 1. The summed E-state index contributed by atoms with van der Waals surface area (Å²) in [4.78, 5) is 11.0. The van der Waals surface area contributed by atoms with Gasteiger partial charge in [0, 0.05) is 18.5 Å². The van der Waals surface area contributed by atoms with Gasteiger partial charge >= 0.3 is 5.97 Å². The molecule has 0 aromatic heterocycles. The van der Waals surface area contributed by atoms with Crippen molar-refractivity contribution in [3.05, 3.63) is 96.1 Å². The van der Waals surface area contributed by atoms with Crippen LogP contribution in [0.25, 0.3) is 6.08 Å². The largest absolute Gasteiger partial charge is 0.493 e. The fourth-order valence-corrected chi connectivity index (χ4v) is 4.29. The molecule has 3 N–H and O–H groups in total. The normalized spacial score (nSPS) is 12.4. The van der Waals surface area contributed by atoms with E-state index in [1.165, 1.54) is 12.1 Å². The standard InChI is InChI=1S/C26H27NO6S/c28-23(17-18-33-25-12-5-4-8-21(25)14-16-26(29)30)15-13-20-7-6-9-22(19-20)27-34(31,32)24-10-2-1-3-11-24/h1-13,15,19,23,27-28H,14,16-18H2,(H,29,30). The molecule has 0 fully saturated rings. The number of carboxylic acid groups (broad SMARTS) is 1. The Balaban J connectivity index is 1.54. The van der Waals surface area contributed by atoms with Crippen LogP contribution < -0.4 is 9.46 Å². The quantitative estimate of drug-likeness (QED) is 0.355. The van der Waals surface area contributed by atoms with Crippen molar-refractivity contribution in [2.75, 3.05) is 11.3 Å². The molecule has 178 valence electrons. The Bertz CT molecular complexity index is 1220. The minimum atomic E-state index is -3.68. The molecule has 3 aromatic carbocycles. The SMILES string of the molecule is O=C(O)CCc1ccccc1OCCC(O)C=Cc1cccc(NS(=O)(=O)c2ccccc2)c1. The molecule has 0 saturated heterocycles. The average Bonchev–Trinajstić information content (AvgIpc) is 2.82. The van der Waals surface area contributed by atoms with E-state index in [2.05, 4.69) is 4.72 Å². The molecule has 1 unspecified atom stereocenters. The van der Waals surface area contributed by atoms with Gasteiger partial charge in [-0.1, -0.05) is 60.7 Å². The Morgan fingerprint density at radius 2 is 1.74 bits per heavy atom. The molecule has 0 radical (unpaired) electrons. The number of hydrogen-bond acceptors (Lipinski definition) is 5. The predicted octanol–water partition coefficient (Wildman–Crippen LogP) is 4.35. The number of aryl methyl sites for hydroxylation is 1. The highest BCUT2D eigenvalue weighted by Crippen LogP contribution is 2.21. The van der Waals surface area contributed by atoms with Gasteiger partial charge in [-0.05, 0) is 47.9 Å². The molecule has 0 heterocycles. The lowest BCUT2D eigenvalue weighted by atomic mass is 10.1. The van der Waals surface area contributed by atoms with Crippen molar-refractivity contribution in [3.63, 3.8) is 0 Å². The third-order valence-electron chi connectivity index (χ3n) is 4.96. The Kier molecular flexibility index (Phi) is 8.84. The van der Waals surface area contributed by atoms with E-state index in [0.29, 0.717) is 24.3 Å². The number of nitrogens with one attached hydrogen (secondary N) is 1. The van der Waals surface area contributed by atoms with Crippen molar-refractivity contribution >= 4 is 27.8 Å². The molecule has 0 aliphatic carbocycles. The topological polar surface area (TPSA) is 113 Å². The highest BCUT2D eigenvalue weighted by atomic mass is 32.2. The van der Waals surface area contributed by atoms with Gasteiger partial charge in [0.25, 0.3) is 10.0 Å². The Morgan fingerprint density at radius 1 is 1.00 bits per heavy atom. The van der Waals surface area contributed by atoms with Crippen LogP contribution in [0.3, 0.4) is 0 Å². The second kappa shape index (κ2) is 12.0. The fourth-order valence-electron chi connectivity index (χ4n) is 3.22. The highest BCUT2D eigenvalue weighted by molar-refractivity contribution is 7.92. The molecule has 0 saturated carbocycles. The number of benzene rings is 3. The predicted molar refractivity (Wildman–Crippen MR) is 131 cm³/mol. The van der Waals surface area contributed by atoms with E-state index in [9.17, 15) is 18.3 Å². The Morgan fingerprint density at radius 3 is 2.50 bits per heavy atom. The maximum atomic E-state index is 12.5. The van der Waals surface area contributed by atoms with Crippen LogP contribution in [0.1, 0.15) is 24.0 Å². The minimum absolute atomic E-state index is 0.0201.